The van der Waals surface area contributed by atoms with E-state index in [1.165, 1.54) is 0 Å². The van der Waals surface area contributed by atoms with Crippen molar-refractivity contribution in [3.8, 4) is 0 Å². The molecule has 1 aliphatic heterocycles. The van der Waals surface area contributed by atoms with E-state index < -0.39 is 0 Å². The second kappa shape index (κ2) is 6.41. The second-order valence-corrected chi connectivity index (χ2v) is 7.19. The van der Waals surface area contributed by atoms with Gasteiger partial charge in [-0.1, -0.05) is 53.0 Å². The first-order valence-electron chi connectivity index (χ1n) is 7.70. The monoisotopic (exact) mass is 393 g/mol. The van der Waals surface area contributed by atoms with Crippen LogP contribution >= 0.6 is 34.8 Å². The Morgan fingerprint density at radius 2 is 1.88 bits per heavy atom. The smallest absolute Gasteiger partial charge is 0.241 e. The maximum Gasteiger partial charge on any atom is 0.241 e. The Balaban J connectivity index is 1.78. The highest BCUT2D eigenvalue weighted by Gasteiger charge is 2.31. The molecular formula is C17H14Cl3N5. The predicted octanol–water partition coefficient (Wildman–Crippen LogP) is 4.97. The van der Waals surface area contributed by atoms with Crippen LogP contribution in [0, 0.1) is 0 Å². The van der Waals surface area contributed by atoms with Gasteiger partial charge in [0.1, 0.15) is 0 Å². The summed E-state index contributed by atoms with van der Waals surface area (Å²) in [5.41, 5.74) is 7.80. The van der Waals surface area contributed by atoms with Crippen LogP contribution < -0.4 is 11.1 Å². The zero-order chi connectivity index (χ0) is 17.6. The zero-order valence-electron chi connectivity index (χ0n) is 13.0. The molecule has 0 amide bonds. The minimum Gasteiger partial charge on any atom is -0.366 e. The molecule has 0 unspecified atom stereocenters. The molecule has 1 aromatic heterocycles. The minimum atomic E-state index is -0.0588. The lowest BCUT2D eigenvalue weighted by molar-refractivity contribution is 0.431. The van der Waals surface area contributed by atoms with Crippen molar-refractivity contribution in [2.45, 2.75) is 18.5 Å². The average Bonchev–Trinajstić information content (AvgIpc) is 2.94. The molecule has 0 saturated heterocycles. The number of hydrogen-bond acceptors (Lipinski definition) is 4. The fourth-order valence-corrected chi connectivity index (χ4v) is 3.91. The molecule has 0 aliphatic carbocycles. The average molecular weight is 395 g/mol. The van der Waals surface area contributed by atoms with E-state index in [-0.39, 0.29) is 18.0 Å². The number of nitrogen functional groups attached to an aromatic ring is 1. The van der Waals surface area contributed by atoms with Crippen LogP contribution in [0.3, 0.4) is 0 Å². The quantitative estimate of drug-likeness (QED) is 0.644. The van der Waals surface area contributed by atoms with Gasteiger partial charge in [-0.05, 0) is 41.8 Å². The van der Waals surface area contributed by atoms with E-state index in [0.717, 1.165) is 17.5 Å². The van der Waals surface area contributed by atoms with Gasteiger partial charge in [0.2, 0.25) is 11.9 Å². The number of hydrogen-bond donors (Lipinski definition) is 2. The Morgan fingerprint density at radius 1 is 1.08 bits per heavy atom. The molecule has 2 heterocycles. The largest absolute Gasteiger partial charge is 0.366 e. The molecule has 0 spiro atoms. The lowest BCUT2D eigenvalue weighted by Gasteiger charge is -2.32. The van der Waals surface area contributed by atoms with Crippen LogP contribution in [0.2, 0.25) is 15.1 Å². The highest BCUT2D eigenvalue weighted by Crippen LogP contribution is 2.40. The van der Waals surface area contributed by atoms with E-state index >= 15 is 0 Å². The van der Waals surface area contributed by atoms with Gasteiger partial charge in [0.05, 0.1) is 12.1 Å². The van der Waals surface area contributed by atoms with E-state index in [2.05, 4.69) is 15.4 Å². The lowest BCUT2D eigenvalue weighted by atomic mass is 9.93. The molecule has 0 radical (unpaired) electrons. The molecular weight excluding hydrogens is 381 g/mol. The summed E-state index contributed by atoms with van der Waals surface area (Å²) in [5.74, 6) is 0.821. The van der Waals surface area contributed by atoms with Crippen LogP contribution in [-0.4, -0.2) is 14.8 Å². The first-order valence-corrected chi connectivity index (χ1v) is 8.83. The second-order valence-electron chi connectivity index (χ2n) is 5.91. The number of anilines is 2. The normalized spacial score (nSPS) is 19.3. The molecule has 3 N–H and O–H groups in total. The van der Waals surface area contributed by atoms with Crippen molar-refractivity contribution in [2.24, 2.45) is 0 Å². The van der Waals surface area contributed by atoms with Crippen LogP contribution in [0.5, 0.6) is 0 Å². The third-order valence-corrected chi connectivity index (χ3v) is 5.07. The highest BCUT2D eigenvalue weighted by atomic mass is 35.5. The third-order valence-electron chi connectivity index (χ3n) is 4.28. The van der Waals surface area contributed by atoms with Crippen molar-refractivity contribution in [1.29, 1.82) is 0 Å². The molecule has 2 atom stereocenters. The topological polar surface area (TPSA) is 68.8 Å². The van der Waals surface area contributed by atoms with Gasteiger partial charge in [-0.25, -0.2) is 4.68 Å². The van der Waals surface area contributed by atoms with Gasteiger partial charge in [0.25, 0.3) is 0 Å². The molecule has 25 heavy (non-hydrogen) atoms. The number of benzene rings is 2. The van der Waals surface area contributed by atoms with Gasteiger partial charge < -0.3 is 11.1 Å². The molecule has 0 fully saturated rings. The fourth-order valence-electron chi connectivity index (χ4n) is 3.17. The summed E-state index contributed by atoms with van der Waals surface area (Å²) in [6.07, 6.45) is 0.720. The van der Waals surface area contributed by atoms with Crippen molar-refractivity contribution in [3.05, 3.63) is 68.7 Å². The molecule has 5 nitrogen and oxygen atoms in total. The highest BCUT2D eigenvalue weighted by molar-refractivity contribution is 6.35. The van der Waals surface area contributed by atoms with Crippen molar-refractivity contribution in [2.75, 3.05) is 11.1 Å². The SMILES string of the molecule is Nc1nc2n(n1)[C@@H](c1cccc(Cl)c1)C[C@H](c1ccc(Cl)cc1Cl)N2. The van der Waals surface area contributed by atoms with E-state index in [9.17, 15) is 0 Å². The van der Waals surface area contributed by atoms with Crippen LogP contribution in [0.25, 0.3) is 0 Å². The predicted molar refractivity (Wildman–Crippen MR) is 101 cm³/mol. The summed E-state index contributed by atoms with van der Waals surface area (Å²) in [6, 6.07) is 13.1. The molecule has 4 rings (SSSR count). The van der Waals surface area contributed by atoms with Gasteiger partial charge in [0, 0.05) is 15.1 Å². The number of fused-ring (bicyclic) bond motifs is 1. The van der Waals surface area contributed by atoms with Crippen molar-refractivity contribution in [3.63, 3.8) is 0 Å². The van der Waals surface area contributed by atoms with Crippen LogP contribution in [-0.2, 0) is 0 Å². The molecule has 1 aliphatic rings. The van der Waals surface area contributed by atoms with Crippen LogP contribution in [0.4, 0.5) is 11.9 Å². The maximum atomic E-state index is 6.40. The fraction of sp³-hybridized carbons (Fsp3) is 0.176. The van der Waals surface area contributed by atoms with Crippen LogP contribution in [0.15, 0.2) is 42.5 Å². The molecule has 3 aromatic rings. The summed E-state index contributed by atoms with van der Waals surface area (Å²) in [6.45, 7) is 0. The summed E-state index contributed by atoms with van der Waals surface area (Å²) in [7, 11) is 0. The van der Waals surface area contributed by atoms with Gasteiger partial charge in [-0.15, -0.1) is 5.10 Å². The number of aromatic nitrogens is 3. The van der Waals surface area contributed by atoms with Gasteiger partial charge in [0.15, 0.2) is 0 Å². The minimum absolute atomic E-state index is 0.0511. The van der Waals surface area contributed by atoms with Crippen molar-refractivity contribution < 1.29 is 0 Å². The summed E-state index contributed by atoms with van der Waals surface area (Å²) in [5, 5.41) is 9.57. The number of halogens is 3. The van der Waals surface area contributed by atoms with E-state index in [0.29, 0.717) is 21.0 Å². The Labute approximate surface area is 159 Å². The molecule has 0 saturated carbocycles. The van der Waals surface area contributed by atoms with E-state index in [1.54, 1.807) is 10.7 Å². The van der Waals surface area contributed by atoms with Crippen molar-refractivity contribution >= 4 is 46.7 Å². The molecule has 8 heteroatoms. The zero-order valence-corrected chi connectivity index (χ0v) is 15.2. The molecule has 128 valence electrons. The number of nitrogens with one attached hydrogen (secondary N) is 1. The first kappa shape index (κ1) is 16.5. The summed E-state index contributed by atoms with van der Waals surface area (Å²) >= 11 is 18.6. The number of nitrogens with zero attached hydrogens (tertiary/aromatic N) is 3. The standard InChI is InChI=1S/C17H14Cl3N5/c18-10-3-1-2-9(6-10)15-8-14(12-5-4-11(19)7-13(12)20)22-17-23-16(21)24-25(15)17/h1-7,14-15H,8H2,(H3,21,22,23,24)/t14-,15-/m1/s1. The summed E-state index contributed by atoms with van der Waals surface area (Å²) < 4.78 is 1.79. The Morgan fingerprint density at radius 3 is 2.64 bits per heavy atom. The third kappa shape index (κ3) is 3.15. The maximum absolute atomic E-state index is 6.40. The van der Waals surface area contributed by atoms with Crippen LogP contribution in [0.1, 0.15) is 29.6 Å². The number of nitrogens with two attached hydrogens (primary N) is 1. The van der Waals surface area contributed by atoms with Gasteiger partial charge in [-0.2, -0.15) is 4.98 Å². The Kier molecular flexibility index (Phi) is 4.23. The Bertz CT molecular complexity index is 940. The Hall–Kier alpha value is -1.95. The number of rotatable bonds is 2. The summed E-state index contributed by atoms with van der Waals surface area (Å²) in [4.78, 5) is 4.29. The van der Waals surface area contributed by atoms with Gasteiger partial charge >= 0.3 is 0 Å². The van der Waals surface area contributed by atoms with Gasteiger partial charge in [-0.3, -0.25) is 0 Å². The molecule has 0 bridgehead atoms. The van der Waals surface area contributed by atoms with E-state index in [1.807, 2.05) is 36.4 Å². The van der Waals surface area contributed by atoms with Crippen molar-refractivity contribution in [1.82, 2.24) is 14.8 Å². The lowest BCUT2D eigenvalue weighted by Crippen LogP contribution is -2.28. The van der Waals surface area contributed by atoms with E-state index in [4.69, 9.17) is 40.5 Å². The molecule has 2 aromatic carbocycles. The first-order chi connectivity index (χ1) is 12.0.